The highest BCUT2D eigenvalue weighted by atomic mass is 16.5. The Kier molecular flexibility index (Phi) is 4.95. The Morgan fingerprint density at radius 3 is 2.69 bits per heavy atom. The van der Waals surface area contributed by atoms with Crippen LogP contribution < -0.4 is 0 Å². The molecule has 6 atom stereocenters. The number of esters is 1. The Balaban J connectivity index is 1.98. The second-order valence-corrected chi connectivity index (χ2v) is 9.17. The number of allylic oxidation sites excluding steroid dienone is 3. The minimum Gasteiger partial charge on any atom is -0.462 e. The van der Waals surface area contributed by atoms with Crippen LogP contribution in [0, 0.1) is 28.6 Å². The highest BCUT2D eigenvalue weighted by molar-refractivity contribution is 5.66. The number of rotatable bonds is 3. The smallest absolute Gasteiger partial charge is 0.302 e. The summed E-state index contributed by atoms with van der Waals surface area (Å²) < 4.78 is 5.64. The number of fused-ring (bicyclic) bond motifs is 3. The van der Waals surface area contributed by atoms with Gasteiger partial charge in [0.2, 0.25) is 0 Å². The van der Waals surface area contributed by atoms with Crippen molar-refractivity contribution in [2.75, 3.05) is 6.61 Å². The molecular weight excluding hydrogens is 328 g/mol. The predicted octanol–water partition coefficient (Wildman–Crippen LogP) is 3.40. The first-order chi connectivity index (χ1) is 12.1. The zero-order valence-electron chi connectivity index (χ0n) is 16.4. The molecule has 0 aromatic carbocycles. The van der Waals surface area contributed by atoms with Crippen LogP contribution in [-0.2, 0) is 9.53 Å². The fraction of sp³-hybridized carbons (Fsp3) is 0.682. The Morgan fingerprint density at radius 2 is 2.08 bits per heavy atom. The summed E-state index contributed by atoms with van der Waals surface area (Å²) in [6.45, 7) is 12.0. The molecule has 26 heavy (non-hydrogen) atoms. The molecule has 1 saturated carbocycles. The van der Waals surface area contributed by atoms with E-state index in [0.29, 0.717) is 6.42 Å². The van der Waals surface area contributed by atoms with Gasteiger partial charge in [0.25, 0.3) is 0 Å². The van der Waals surface area contributed by atoms with Crippen molar-refractivity contribution in [3.05, 3.63) is 36.0 Å². The Labute approximate surface area is 156 Å². The molecule has 0 heterocycles. The van der Waals surface area contributed by atoms with Crippen molar-refractivity contribution in [3.63, 3.8) is 0 Å². The lowest BCUT2D eigenvalue weighted by Crippen LogP contribution is -2.57. The maximum atomic E-state index is 11.5. The maximum absolute atomic E-state index is 11.5. The van der Waals surface area contributed by atoms with Crippen LogP contribution in [0.1, 0.15) is 47.0 Å². The lowest BCUT2D eigenvalue weighted by atomic mass is 9.47. The first-order valence-corrected chi connectivity index (χ1v) is 9.65. The fourth-order valence-electron chi connectivity index (χ4n) is 5.86. The van der Waals surface area contributed by atoms with Gasteiger partial charge < -0.3 is 14.9 Å². The molecule has 4 heteroatoms. The molecule has 4 nitrogen and oxygen atoms in total. The number of hydrogen-bond donors (Lipinski definition) is 2. The van der Waals surface area contributed by atoms with Crippen molar-refractivity contribution >= 4 is 5.97 Å². The van der Waals surface area contributed by atoms with Crippen LogP contribution in [0.5, 0.6) is 0 Å². The second-order valence-electron chi connectivity index (χ2n) is 9.17. The lowest BCUT2D eigenvalue weighted by molar-refractivity contribution is -0.170. The monoisotopic (exact) mass is 360 g/mol. The van der Waals surface area contributed by atoms with Crippen molar-refractivity contribution in [2.24, 2.45) is 28.6 Å². The highest BCUT2D eigenvalue weighted by Gasteiger charge is 2.58. The molecular formula is C22H32O4. The fourth-order valence-corrected chi connectivity index (χ4v) is 5.86. The molecule has 0 spiro atoms. The average Bonchev–Trinajstić information content (AvgIpc) is 2.55. The molecule has 0 aliphatic heterocycles. The largest absolute Gasteiger partial charge is 0.462 e. The highest BCUT2D eigenvalue weighted by Crippen LogP contribution is 2.61. The predicted molar refractivity (Wildman–Crippen MR) is 101 cm³/mol. The number of hydrogen-bond acceptors (Lipinski definition) is 4. The molecule has 0 bridgehead atoms. The van der Waals surface area contributed by atoms with Crippen LogP contribution in [0.4, 0.5) is 0 Å². The summed E-state index contributed by atoms with van der Waals surface area (Å²) in [6, 6.07) is 0. The van der Waals surface area contributed by atoms with Crippen LogP contribution in [0.25, 0.3) is 0 Å². The first kappa shape index (κ1) is 19.4. The zero-order chi connectivity index (χ0) is 19.3. The van der Waals surface area contributed by atoms with Gasteiger partial charge in [-0.3, -0.25) is 4.79 Å². The van der Waals surface area contributed by atoms with Gasteiger partial charge in [-0.2, -0.15) is 0 Å². The third kappa shape index (κ3) is 2.97. The van der Waals surface area contributed by atoms with E-state index in [9.17, 15) is 15.0 Å². The summed E-state index contributed by atoms with van der Waals surface area (Å²) in [6.07, 6.45) is 8.34. The average molecular weight is 360 g/mol. The van der Waals surface area contributed by atoms with Crippen molar-refractivity contribution in [2.45, 2.75) is 59.2 Å². The summed E-state index contributed by atoms with van der Waals surface area (Å²) in [4.78, 5) is 11.5. The standard InChI is InChI=1S/C22H32O4/c1-13(12-23)16-10-15-6-7-18-21(3,4)19(26-14(2)24)8-9-22(18,5)20(15)17(25)11-16/h6-7,10,16-20,23,25H,1,8-9,11-12H2,2-5H3. The van der Waals surface area contributed by atoms with Crippen LogP contribution in [-0.4, -0.2) is 35.0 Å². The molecule has 6 unspecified atom stereocenters. The van der Waals surface area contributed by atoms with E-state index in [0.717, 1.165) is 24.0 Å². The van der Waals surface area contributed by atoms with Gasteiger partial charge in [-0.05, 0) is 41.7 Å². The maximum Gasteiger partial charge on any atom is 0.302 e. The van der Waals surface area contributed by atoms with Crippen molar-refractivity contribution in [3.8, 4) is 0 Å². The minimum atomic E-state index is -0.457. The van der Waals surface area contributed by atoms with Gasteiger partial charge in [0.1, 0.15) is 6.10 Å². The SMILES string of the molecule is C=C(CO)C1C=C2C=CC3C(C)(C)C(OC(C)=O)CCC3(C)C2C(O)C1. The summed E-state index contributed by atoms with van der Waals surface area (Å²) in [7, 11) is 0. The quantitative estimate of drug-likeness (QED) is 0.598. The van der Waals surface area contributed by atoms with Gasteiger partial charge >= 0.3 is 5.97 Å². The Morgan fingerprint density at radius 1 is 1.38 bits per heavy atom. The van der Waals surface area contributed by atoms with Crippen LogP contribution in [0.15, 0.2) is 36.0 Å². The van der Waals surface area contributed by atoms with Crippen molar-refractivity contribution in [1.29, 1.82) is 0 Å². The van der Waals surface area contributed by atoms with Crippen LogP contribution in [0.2, 0.25) is 0 Å². The first-order valence-electron chi connectivity index (χ1n) is 9.65. The van der Waals surface area contributed by atoms with E-state index < -0.39 is 6.10 Å². The second kappa shape index (κ2) is 6.65. The Hall–Kier alpha value is -1.39. The van der Waals surface area contributed by atoms with E-state index in [2.05, 4.69) is 45.6 Å². The van der Waals surface area contributed by atoms with Gasteiger partial charge in [0, 0.05) is 24.2 Å². The molecule has 0 radical (unpaired) electrons. The molecule has 3 aliphatic rings. The zero-order valence-corrected chi connectivity index (χ0v) is 16.4. The van der Waals surface area contributed by atoms with E-state index in [1.54, 1.807) is 0 Å². The number of carbonyl (C=O) groups excluding carboxylic acids is 1. The molecule has 144 valence electrons. The topological polar surface area (TPSA) is 66.8 Å². The molecule has 3 rings (SSSR count). The third-order valence-electron chi connectivity index (χ3n) is 7.15. The van der Waals surface area contributed by atoms with Crippen molar-refractivity contribution in [1.82, 2.24) is 0 Å². The van der Waals surface area contributed by atoms with E-state index in [-0.39, 0.29) is 47.3 Å². The van der Waals surface area contributed by atoms with E-state index in [4.69, 9.17) is 4.74 Å². The van der Waals surface area contributed by atoms with Gasteiger partial charge in [0.05, 0.1) is 12.7 Å². The summed E-state index contributed by atoms with van der Waals surface area (Å²) >= 11 is 0. The number of aliphatic hydroxyl groups excluding tert-OH is 2. The van der Waals surface area contributed by atoms with E-state index >= 15 is 0 Å². The van der Waals surface area contributed by atoms with Crippen LogP contribution >= 0.6 is 0 Å². The lowest BCUT2D eigenvalue weighted by Gasteiger charge is -2.59. The minimum absolute atomic E-state index is 0.0245. The molecule has 0 saturated heterocycles. The summed E-state index contributed by atoms with van der Waals surface area (Å²) in [5.74, 6) is 0.0897. The van der Waals surface area contributed by atoms with Crippen molar-refractivity contribution < 1.29 is 19.7 Å². The third-order valence-corrected chi connectivity index (χ3v) is 7.15. The van der Waals surface area contributed by atoms with Crippen LogP contribution in [0.3, 0.4) is 0 Å². The van der Waals surface area contributed by atoms with Gasteiger partial charge in [-0.1, -0.05) is 45.6 Å². The summed E-state index contributed by atoms with van der Waals surface area (Å²) in [5.41, 5.74) is 1.65. The van der Waals surface area contributed by atoms with E-state index in [1.807, 2.05) is 0 Å². The number of aliphatic hydroxyl groups is 2. The molecule has 1 fully saturated rings. The molecule has 0 amide bonds. The molecule has 0 aromatic rings. The van der Waals surface area contributed by atoms with Gasteiger partial charge in [-0.15, -0.1) is 0 Å². The molecule has 2 N–H and O–H groups in total. The van der Waals surface area contributed by atoms with E-state index in [1.165, 1.54) is 6.92 Å². The van der Waals surface area contributed by atoms with Gasteiger partial charge in [-0.25, -0.2) is 0 Å². The van der Waals surface area contributed by atoms with Gasteiger partial charge in [0.15, 0.2) is 0 Å². The Bertz CT molecular complexity index is 659. The molecule has 3 aliphatic carbocycles. The normalized spacial score (nSPS) is 40.8. The summed E-state index contributed by atoms with van der Waals surface area (Å²) in [5, 5.41) is 20.4. The number of ether oxygens (including phenoxy) is 1. The molecule has 0 aromatic heterocycles. The number of carbonyl (C=O) groups is 1.